The van der Waals surface area contributed by atoms with Crippen molar-refractivity contribution in [3.63, 3.8) is 0 Å². The number of piperidine rings is 1. The van der Waals surface area contributed by atoms with E-state index in [0.717, 1.165) is 52.0 Å². The molecule has 160 valence electrons. The molecule has 2 aliphatic heterocycles. The minimum Gasteiger partial charge on any atom is -0.384 e. The van der Waals surface area contributed by atoms with Gasteiger partial charge in [-0.25, -0.2) is 0 Å². The van der Waals surface area contributed by atoms with Gasteiger partial charge in [-0.1, -0.05) is 30.3 Å². The van der Waals surface area contributed by atoms with Crippen LogP contribution >= 0.6 is 0 Å². The van der Waals surface area contributed by atoms with Crippen molar-refractivity contribution in [2.24, 2.45) is 11.8 Å². The number of amides is 2. The number of carbonyl (C=O) groups excluding carboxylic acids is 2. The lowest BCUT2D eigenvalue weighted by molar-refractivity contribution is -0.140. The van der Waals surface area contributed by atoms with Crippen molar-refractivity contribution in [1.82, 2.24) is 14.7 Å². The lowest BCUT2D eigenvalue weighted by Crippen LogP contribution is -2.45. The first kappa shape index (κ1) is 21.8. The Morgan fingerprint density at radius 3 is 2.38 bits per heavy atom. The van der Waals surface area contributed by atoms with Gasteiger partial charge in [-0.2, -0.15) is 0 Å². The van der Waals surface area contributed by atoms with Crippen LogP contribution in [-0.4, -0.2) is 86.0 Å². The fourth-order valence-corrected chi connectivity index (χ4v) is 4.56. The average molecular weight is 402 g/mol. The molecule has 2 heterocycles. The Morgan fingerprint density at radius 1 is 1.00 bits per heavy atom. The van der Waals surface area contributed by atoms with Gasteiger partial charge in [0.2, 0.25) is 11.8 Å². The Kier molecular flexibility index (Phi) is 8.07. The quantitative estimate of drug-likeness (QED) is 0.731. The molecule has 3 rings (SSSR count). The van der Waals surface area contributed by atoms with E-state index in [4.69, 9.17) is 4.74 Å². The van der Waals surface area contributed by atoms with E-state index in [0.29, 0.717) is 25.6 Å². The van der Waals surface area contributed by atoms with E-state index in [1.54, 1.807) is 14.0 Å². The van der Waals surface area contributed by atoms with Crippen LogP contribution in [0.4, 0.5) is 0 Å². The molecule has 2 fully saturated rings. The highest BCUT2D eigenvalue weighted by molar-refractivity contribution is 5.79. The van der Waals surface area contributed by atoms with E-state index >= 15 is 0 Å². The van der Waals surface area contributed by atoms with Crippen LogP contribution in [0.15, 0.2) is 30.3 Å². The maximum absolute atomic E-state index is 13.2. The third kappa shape index (κ3) is 6.28. The summed E-state index contributed by atoms with van der Waals surface area (Å²) in [7, 11) is 1.74. The standard InChI is InChI=1S/C23H35N3O3/c1-19(27)25-12-9-22(10-13-25)23(28)26-15-14-24(16-21(17-26)18-29-2)11-8-20-6-4-3-5-7-20/h3-7,21-22H,8-18H2,1-2H3/t21-/m1/s1. The van der Waals surface area contributed by atoms with Crippen LogP contribution in [0, 0.1) is 11.8 Å². The van der Waals surface area contributed by atoms with Gasteiger partial charge >= 0.3 is 0 Å². The van der Waals surface area contributed by atoms with Crippen molar-refractivity contribution in [3.8, 4) is 0 Å². The van der Waals surface area contributed by atoms with Crippen LogP contribution < -0.4 is 0 Å². The summed E-state index contributed by atoms with van der Waals surface area (Å²) in [5, 5.41) is 0. The third-order valence-corrected chi connectivity index (χ3v) is 6.24. The molecule has 0 aliphatic carbocycles. The number of hydrogen-bond acceptors (Lipinski definition) is 4. The number of likely N-dealkylation sites (tertiary alicyclic amines) is 1. The molecule has 0 unspecified atom stereocenters. The number of benzene rings is 1. The second-order valence-electron chi connectivity index (χ2n) is 8.42. The van der Waals surface area contributed by atoms with Crippen LogP contribution in [0.1, 0.15) is 25.3 Å². The zero-order chi connectivity index (χ0) is 20.6. The summed E-state index contributed by atoms with van der Waals surface area (Å²) in [4.78, 5) is 31.1. The van der Waals surface area contributed by atoms with Crippen LogP contribution in [0.5, 0.6) is 0 Å². The van der Waals surface area contributed by atoms with Crippen molar-refractivity contribution in [3.05, 3.63) is 35.9 Å². The molecule has 0 spiro atoms. The van der Waals surface area contributed by atoms with E-state index in [2.05, 4.69) is 40.1 Å². The van der Waals surface area contributed by atoms with E-state index in [1.807, 2.05) is 4.90 Å². The molecule has 0 saturated carbocycles. The molecule has 6 heteroatoms. The van der Waals surface area contributed by atoms with Crippen molar-refractivity contribution in [2.75, 3.05) is 59.5 Å². The SMILES string of the molecule is COC[C@@H]1CN(CCc2ccccc2)CCN(C(=O)C2CCN(C(C)=O)CC2)C1. The van der Waals surface area contributed by atoms with E-state index < -0.39 is 0 Å². The molecular weight excluding hydrogens is 366 g/mol. The fourth-order valence-electron chi connectivity index (χ4n) is 4.56. The zero-order valence-electron chi connectivity index (χ0n) is 17.9. The summed E-state index contributed by atoms with van der Waals surface area (Å²) in [6, 6.07) is 10.6. The molecule has 2 aliphatic rings. The van der Waals surface area contributed by atoms with Crippen LogP contribution in [0.2, 0.25) is 0 Å². The number of methoxy groups -OCH3 is 1. The number of ether oxygens (including phenoxy) is 1. The maximum atomic E-state index is 13.2. The second-order valence-corrected chi connectivity index (χ2v) is 8.42. The highest BCUT2D eigenvalue weighted by Crippen LogP contribution is 2.22. The summed E-state index contributed by atoms with van der Waals surface area (Å²) in [5.74, 6) is 0.753. The summed E-state index contributed by atoms with van der Waals surface area (Å²) in [6.45, 7) is 8.10. The van der Waals surface area contributed by atoms with Gasteiger partial charge in [-0.05, 0) is 24.8 Å². The summed E-state index contributed by atoms with van der Waals surface area (Å²) >= 11 is 0. The predicted molar refractivity (Wildman–Crippen MR) is 114 cm³/mol. The molecule has 1 aromatic rings. The smallest absolute Gasteiger partial charge is 0.225 e. The molecule has 1 aromatic carbocycles. The summed E-state index contributed by atoms with van der Waals surface area (Å²) in [6.07, 6.45) is 2.58. The number of rotatable bonds is 6. The van der Waals surface area contributed by atoms with Gasteiger partial charge in [0.1, 0.15) is 0 Å². The Morgan fingerprint density at radius 2 is 1.72 bits per heavy atom. The molecule has 2 amide bonds. The van der Waals surface area contributed by atoms with Crippen LogP contribution in [0.3, 0.4) is 0 Å². The molecule has 29 heavy (non-hydrogen) atoms. The van der Waals surface area contributed by atoms with Crippen molar-refractivity contribution in [2.45, 2.75) is 26.2 Å². The lowest BCUT2D eigenvalue weighted by atomic mass is 9.95. The van der Waals surface area contributed by atoms with E-state index in [1.165, 1.54) is 5.56 Å². The molecule has 6 nitrogen and oxygen atoms in total. The molecule has 0 bridgehead atoms. The summed E-state index contributed by atoms with van der Waals surface area (Å²) in [5.41, 5.74) is 1.35. The monoisotopic (exact) mass is 401 g/mol. The topological polar surface area (TPSA) is 53.1 Å². The van der Waals surface area contributed by atoms with Gasteiger partial charge in [0.25, 0.3) is 0 Å². The first-order valence-electron chi connectivity index (χ1n) is 10.9. The Bertz CT molecular complexity index is 659. The second kappa shape index (κ2) is 10.7. The van der Waals surface area contributed by atoms with Gasteiger partial charge in [-0.15, -0.1) is 0 Å². The van der Waals surface area contributed by atoms with Crippen molar-refractivity contribution >= 4 is 11.8 Å². The highest BCUT2D eigenvalue weighted by Gasteiger charge is 2.32. The number of carbonyl (C=O) groups is 2. The van der Waals surface area contributed by atoms with Gasteiger partial charge in [0.15, 0.2) is 0 Å². The summed E-state index contributed by atoms with van der Waals surface area (Å²) < 4.78 is 5.45. The van der Waals surface area contributed by atoms with E-state index in [9.17, 15) is 9.59 Å². The Balaban J connectivity index is 1.56. The van der Waals surface area contributed by atoms with Gasteiger partial charge in [0.05, 0.1) is 6.61 Å². The van der Waals surface area contributed by atoms with Gasteiger partial charge in [0, 0.05) is 71.7 Å². The molecule has 0 aromatic heterocycles. The van der Waals surface area contributed by atoms with Crippen LogP contribution in [-0.2, 0) is 20.7 Å². The fraction of sp³-hybridized carbons (Fsp3) is 0.652. The first-order chi connectivity index (χ1) is 14.1. The number of hydrogen-bond donors (Lipinski definition) is 0. The molecule has 1 atom stereocenters. The predicted octanol–water partition coefficient (Wildman–Crippen LogP) is 1.89. The van der Waals surface area contributed by atoms with Crippen molar-refractivity contribution < 1.29 is 14.3 Å². The molecule has 2 saturated heterocycles. The minimum absolute atomic E-state index is 0.0460. The minimum atomic E-state index is 0.0460. The maximum Gasteiger partial charge on any atom is 0.225 e. The zero-order valence-corrected chi connectivity index (χ0v) is 17.9. The van der Waals surface area contributed by atoms with Crippen molar-refractivity contribution in [1.29, 1.82) is 0 Å². The Hall–Kier alpha value is -1.92. The van der Waals surface area contributed by atoms with Crippen LogP contribution in [0.25, 0.3) is 0 Å². The Labute approximate surface area is 174 Å². The normalized spacial score (nSPS) is 21.8. The largest absolute Gasteiger partial charge is 0.384 e. The highest BCUT2D eigenvalue weighted by atomic mass is 16.5. The van der Waals surface area contributed by atoms with Gasteiger partial charge < -0.3 is 19.4 Å². The van der Waals surface area contributed by atoms with E-state index in [-0.39, 0.29) is 17.7 Å². The third-order valence-electron chi connectivity index (χ3n) is 6.24. The first-order valence-corrected chi connectivity index (χ1v) is 10.9. The lowest BCUT2D eigenvalue weighted by Gasteiger charge is -2.34. The number of nitrogens with zero attached hydrogens (tertiary/aromatic N) is 3. The molecular formula is C23H35N3O3. The molecule has 0 radical (unpaired) electrons. The average Bonchev–Trinajstić information content (AvgIpc) is 2.95. The van der Waals surface area contributed by atoms with Gasteiger partial charge in [-0.3, -0.25) is 9.59 Å². The molecule has 0 N–H and O–H groups in total.